The highest BCUT2D eigenvalue weighted by Crippen LogP contribution is 2.35. The summed E-state index contributed by atoms with van der Waals surface area (Å²) in [6.07, 6.45) is 5.89. The zero-order chi connectivity index (χ0) is 23.3. The van der Waals surface area contributed by atoms with E-state index in [0.29, 0.717) is 38.2 Å². The van der Waals surface area contributed by atoms with Crippen LogP contribution in [-0.4, -0.2) is 33.4 Å². The molecular weight excluding hydrogens is 410 g/mol. The number of carbonyl (C=O) groups excluding carboxylic acids is 1. The summed E-state index contributed by atoms with van der Waals surface area (Å²) in [6.45, 7) is 11.0. The number of piperidine rings is 1. The fourth-order valence-electron chi connectivity index (χ4n) is 4.46. The van der Waals surface area contributed by atoms with Crippen LogP contribution in [0.1, 0.15) is 35.2 Å². The minimum Gasteiger partial charge on any atom is -0.342 e. The molecule has 0 N–H and O–H groups in total. The molecule has 1 aliphatic rings. The maximum Gasteiger partial charge on any atom is 0.228 e. The van der Waals surface area contributed by atoms with E-state index >= 15 is 0 Å². The quantitative estimate of drug-likeness (QED) is 0.525. The van der Waals surface area contributed by atoms with Crippen molar-refractivity contribution in [3.05, 3.63) is 94.9 Å². The van der Waals surface area contributed by atoms with Gasteiger partial charge in [-0.3, -0.25) is 4.79 Å². The molecule has 1 amide bonds. The normalized spacial score (nSPS) is 14.9. The third-order valence-electron chi connectivity index (χ3n) is 6.65. The molecule has 2 heterocycles. The first-order valence-electron chi connectivity index (χ1n) is 11.2. The Kier molecular flexibility index (Phi) is 6.56. The van der Waals surface area contributed by atoms with Crippen LogP contribution in [0.15, 0.2) is 61.1 Å². The first-order chi connectivity index (χ1) is 16.0. The van der Waals surface area contributed by atoms with Crippen molar-refractivity contribution in [2.45, 2.75) is 39.2 Å². The molecule has 0 radical (unpaired) electrons. The van der Waals surface area contributed by atoms with Crippen molar-refractivity contribution < 1.29 is 4.79 Å². The Morgan fingerprint density at radius 2 is 1.91 bits per heavy atom. The van der Waals surface area contributed by atoms with Gasteiger partial charge in [0, 0.05) is 31.5 Å². The number of hydrogen-bond donors (Lipinski definition) is 0. The first-order valence-corrected chi connectivity index (χ1v) is 11.2. The average molecular weight is 438 g/mol. The highest BCUT2D eigenvalue weighted by Gasteiger charge is 2.36. The highest BCUT2D eigenvalue weighted by atomic mass is 16.2. The van der Waals surface area contributed by atoms with Crippen molar-refractivity contribution in [3.8, 4) is 6.07 Å². The molecule has 4 rings (SSSR count). The fraction of sp³-hybridized carbons (Fsp3) is 0.333. The summed E-state index contributed by atoms with van der Waals surface area (Å²) in [5, 5.41) is 9.95. The molecule has 1 aromatic heterocycles. The second-order valence-corrected chi connectivity index (χ2v) is 8.84. The molecule has 6 nitrogen and oxygen atoms in total. The van der Waals surface area contributed by atoms with Gasteiger partial charge in [0.05, 0.1) is 30.8 Å². The van der Waals surface area contributed by atoms with Crippen LogP contribution in [0.3, 0.4) is 0 Å². The largest absolute Gasteiger partial charge is 0.342 e. The van der Waals surface area contributed by atoms with Crippen molar-refractivity contribution in [1.29, 1.82) is 5.26 Å². The monoisotopic (exact) mass is 437 g/mol. The predicted octanol–water partition coefficient (Wildman–Crippen LogP) is 4.71. The number of carbonyl (C=O) groups is 1. The lowest BCUT2D eigenvalue weighted by Crippen LogP contribution is -2.44. The Labute approximate surface area is 194 Å². The smallest absolute Gasteiger partial charge is 0.228 e. The zero-order valence-corrected chi connectivity index (χ0v) is 18.9. The number of aryl methyl sites for hydroxylation is 1. The first kappa shape index (κ1) is 22.3. The van der Waals surface area contributed by atoms with E-state index in [9.17, 15) is 10.1 Å². The number of hydrogen-bond acceptors (Lipinski definition) is 3. The summed E-state index contributed by atoms with van der Waals surface area (Å²) >= 11 is 0. The van der Waals surface area contributed by atoms with Gasteiger partial charge in [0.2, 0.25) is 5.91 Å². The molecule has 1 aliphatic heterocycles. The van der Waals surface area contributed by atoms with Gasteiger partial charge in [-0.1, -0.05) is 48.5 Å². The zero-order valence-electron chi connectivity index (χ0n) is 18.9. The van der Waals surface area contributed by atoms with E-state index in [1.165, 1.54) is 11.1 Å². The lowest BCUT2D eigenvalue weighted by molar-refractivity contribution is -0.132. The number of likely N-dealkylation sites (tertiary alicyclic amines) is 1. The third-order valence-corrected chi connectivity index (χ3v) is 6.65. The van der Waals surface area contributed by atoms with E-state index < -0.39 is 5.41 Å². The van der Waals surface area contributed by atoms with Crippen molar-refractivity contribution >= 4 is 11.6 Å². The van der Waals surface area contributed by atoms with Gasteiger partial charge >= 0.3 is 0 Å². The standard InChI is InChI=1S/C27H27N5O/c1-21-5-3-4-6-23(21)16-27(19-28)11-13-31(14-12-27)26(33)15-25-17-30-20-32(25)18-22-7-9-24(29-2)10-8-22/h3-10,17,20H,11-16,18H2,1H3. The molecule has 0 spiro atoms. The highest BCUT2D eigenvalue weighted by molar-refractivity contribution is 5.78. The van der Waals surface area contributed by atoms with Crippen molar-refractivity contribution in [2.75, 3.05) is 13.1 Å². The number of aromatic nitrogens is 2. The van der Waals surface area contributed by atoms with Crippen LogP contribution in [0.2, 0.25) is 0 Å². The maximum absolute atomic E-state index is 13.0. The van der Waals surface area contributed by atoms with Crippen molar-refractivity contribution in [1.82, 2.24) is 14.5 Å². The summed E-state index contributed by atoms with van der Waals surface area (Å²) in [4.78, 5) is 22.6. The summed E-state index contributed by atoms with van der Waals surface area (Å²) in [6, 6.07) is 18.3. The van der Waals surface area contributed by atoms with Crippen LogP contribution in [0.4, 0.5) is 5.69 Å². The van der Waals surface area contributed by atoms with E-state index in [1.54, 1.807) is 24.7 Å². The number of imidazole rings is 1. The number of nitrogens with zero attached hydrogens (tertiary/aromatic N) is 5. The van der Waals surface area contributed by atoms with Crippen LogP contribution < -0.4 is 0 Å². The molecule has 0 aliphatic carbocycles. The Hall–Kier alpha value is -3.90. The number of nitriles is 1. The molecule has 0 unspecified atom stereocenters. The summed E-state index contributed by atoms with van der Waals surface area (Å²) in [5.74, 6) is 0.0718. The summed E-state index contributed by atoms with van der Waals surface area (Å²) < 4.78 is 1.98. The average Bonchev–Trinajstić information content (AvgIpc) is 3.27. The lowest BCUT2D eigenvalue weighted by atomic mass is 9.74. The summed E-state index contributed by atoms with van der Waals surface area (Å²) in [5.41, 5.74) is 4.55. The summed E-state index contributed by atoms with van der Waals surface area (Å²) in [7, 11) is 0. The third kappa shape index (κ3) is 5.13. The van der Waals surface area contributed by atoms with E-state index in [4.69, 9.17) is 6.57 Å². The molecule has 1 saturated heterocycles. The number of rotatable bonds is 6. The number of benzene rings is 2. The second kappa shape index (κ2) is 9.71. The molecule has 0 bridgehead atoms. The van der Waals surface area contributed by atoms with Gasteiger partial charge in [-0.25, -0.2) is 9.83 Å². The molecule has 3 aromatic rings. The maximum atomic E-state index is 13.0. The van der Waals surface area contributed by atoms with Crippen molar-refractivity contribution in [2.24, 2.45) is 5.41 Å². The Bertz CT molecular complexity index is 1200. The van der Waals surface area contributed by atoms with E-state index in [1.807, 2.05) is 33.7 Å². The van der Waals surface area contributed by atoms with E-state index in [2.05, 4.69) is 35.0 Å². The van der Waals surface area contributed by atoms with Gasteiger partial charge in [-0.15, -0.1) is 0 Å². The Morgan fingerprint density at radius 3 is 2.58 bits per heavy atom. The lowest BCUT2D eigenvalue weighted by Gasteiger charge is -2.37. The predicted molar refractivity (Wildman–Crippen MR) is 126 cm³/mol. The van der Waals surface area contributed by atoms with Gasteiger partial charge in [0.15, 0.2) is 5.69 Å². The minimum absolute atomic E-state index is 0.0718. The van der Waals surface area contributed by atoms with Crippen LogP contribution in [0.25, 0.3) is 4.85 Å². The van der Waals surface area contributed by atoms with Crippen molar-refractivity contribution in [3.63, 3.8) is 0 Å². The van der Waals surface area contributed by atoms with Gasteiger partial charge < -0.3 is 9.47 Å². The fourth-order valence-corrected chi connectivity index (χ4v) is 4.46. The minimum atomic E-state index is -0.415. The van der Waals surface area contributed by atoms with Crippen LogP contribution in [0.5, 0.6) is 0 Å². The SMILES string of the molecule is [C-]#[N+]c1ccc(Cn2cncc2CC(=O)N2CCC(C#N)(Cc3ccccc3C)CC2)cc1. The van der Waals surface area contributed by atoms with Gasteiger partial charge in [0.1, 0.15) is 0 Å². The Morgan fingerprint density at radius 1 is 1.18 bits per heavy atom. The molecule has 0 atom stereocenters. The molecular formula is C27H27N5O. The molecule has 2 aromatic carbocycles. The molecule has 6 heteroatoms. The molecule has 0 saturated carbocycles. The van der Waals surface area contributed by atoms with Gasteiger partial charge in [-0.05, 0) is 42.9 Å². The van der Waals surface area contributed by atoms with Gasteiger partial charge in [-0.2, -0.15) is 5.26 Å². The topological polar surface area (TPSA) is 66.3 Å². The molecule has 33 heavy (non-hydrogen) atoms. The van der Waals surface area contributed by atoms with Crippen LogP contribution in [-0.2, 0) is 24.2 Å². The molecule has 1 fully saturated rings. The number of amides is 1. The van der Waals surface area contributed by atoms with Crippen LogP contribution >= 0.6 is 0 Å². The van der Waals surface area contributed by atoms with E-state index in [-0.39, 0.29) is 12.3 Å². The Balaban J connectivity index is 1.37. The van der Waals surface area contributed by atoms with E-state index in [0.717, 1.165) is 17.7 Å². The second-order valence-electron chi connectivity index (χ2n) is 8.84. The van der Waals surface area contributed by atoms with Gasteiger partial charge in [0.25, 0.3) is 0 Å². The molecule has 166 valence electrons. The van der Waals surface area contributed by atoms with Crippen LogP contribution in [0, 0.1) is 30.2 Å².